The molecule has 3 N–H and O–H groups in total. The van der Waals surface area contributed by atoms with E-state index in [1.54, 1.807) is 7.11 Å². The second-order valence-corrected chi connectivity index (χ2v) is 4.33. The Morgan fingerprint density at radius 3 is 2.83 bits per heavy atom. The minimum Gasteiger partial charge on any atom is -0.496 e. The zero-order chi connectivity index (χ0) is 12.5. The van der Waals surface area contributed by atoms with Crippen LogP contribution < -0.4 is 15.8 Å². The highest BCUT2D eigenvalue weighted by molar-refractivity contribution is 5.90. The lowest BCUT2D eigenvalue weighted by Crippen LogP contribution is -2.29. The fourth-order valence-electron chi connectivity index (χ4n) is 2.44. The molecule has 4 heteroatoms. The number of methoxy groups -OCH3 is 1. The number of nitrogens with two attached hydrogens (primary N) is 1. The molecule has 1 atom stereocenters. The summed E-state index contributed by atoms with van der Waals surface area (Å²) in [4.78, 5) is 4.20. The van der Waals surface area contributed by atoms with Crippen LogP contribution in [0.25, 0.3) is 10.8 Å². The summed E-state index contributed by atoms with van der Waals surface area (Å²) in [5, 5.41) is 5.56. The lowest BCUT2D eigenvalue weighted by Gasteiger charge is -2.17. The monoisotopic (exact) mass is 241 g/mol. The van der Waals surface area contributed by atoms with E-state index in [1.807, 2.05) is 18.2 Å². The number of hydrogen-bond acceptors (Lipinski definition) is 4. The van der Waals surface area contributed by atoms with Crippen LogP contribution in [0.5, 0.6) is 5.75 Å². The minimum atomic E-state index is 0.0889. The van der Waals surface area contributed by atoms with Crippen LogP contribution >= 0.6 is 0 Å². The van der Waals surface area contributed by atoms with Crippen molar-refractivity contribution in [1.82, 2.24) is 5.32 Å². The van der Waals surface area contributed by atoms with Gasteiger partial charge in [0.15, 0.2) is 5.96 Å². The first-order chi connectivity index (χ1) is 8.79. The van der Waals surface area contributed by atoms with Crippen molar-refractivity contribution in [2.45, 2.75) is 6.04 Å². The van der Waals surface area contributed by atoms with Gasteiger partial charge in [0.25, 0.3) is 0 Å². The van der Waals surface area contributed by atoms with Crippen LogP contribution in [0.4, 0.5) is 0 Å². The fraction of sp³-hybridized carbons (Fsp3) is 0.214. The van der Waals surface area contributed by atoms with E-state index in [0.717, 1.165) is 11.3 Å². The molecule has 0 bridgehead atoms. The second-order valence-electron chi connectivity index (χ2n) is 4.33. The molecule has 0 fully saturated rings. The molecule has 1 aliphatic heterocycles. The fourth-order valence-corrected chi connectivity index (χ4v) is 2.44. The Balaban J connectivity index is 2.18. The average molecular weight is 241 g/mol. The SMILES string of the molecule is COc1ccc2ccccc2c1C1CN=C(N)N1. The largest absolute Gasteiger partial charge is 0.496 e. The second kappa shape index (κ2) is 4.22. The molecule has 1 unspecified atom stereocenters. The number of hydrogen-bond donors (Lipinski definition) is 2. The Morgan fingerprint density at radius 1 is 1.28 bits per heavy atom. The maximum Gasteiger partial charge on any atom is 0.189 e. The highest BCUT2D eigenvalue weighted by Gasteiger charge is 2.23. The van der Waals surface area contributed by atoms with Crippen molar-refractivity contribution >= 4 is 16.7 Å². The van der Waals surface area contributed by atoms with Crippen LogP contribution in [0.2, 0.25) is 0 Å². The van der Waals surface area contributed by atoms with Crippen molar-refractivity contribution in [2.24, 2.45) is 10.7 Å². The van der Waals surface area contributed by atoms with Crippen LogP contribution in [-0.4, -0.2) is 19.6 Å². The number of benzene rings is 2. The van der Waals surface area contributed by atoms with E-state index in [2.05, 4.69) is 28.5 Å². The molecule has 92 valence electrons. The summed E-state index contributed by atoms with van der Waals surface area (Å²) in [6.07, 6.45) is 0. The van der Waals surface area contributed by atoms with Crippen molar-refractivity contribution in [3.8, 4) is 5.75 Å². The van der Waals surface area contributed by atoms with E-state index in [0.29, 0.717) is 12.5 Å². The van der Waals surface area contributed by atoms with Gasteiger partial charge < -0.3 is 15.8 Å². The van der Waals surface area contributed by atoms with Gasteiger partial charge >= 0.3 is 0 Å². The van der Waals surface area contributed by atoms with Gasteiger partial charge in [0, 0.05) is 5.56 Å². The van der Waals surface area contributed by atoms with Gasteiger partial charge in [-0.3, -0.25) is 4.99 Å². The minimum absolute atomic E-state index is 0.0889. The van der Waals surface area contributed by atoms with Gasteiger partial charge in [-0.15, -0.1) is 0 Å². The predicted molar refractivity (Wildman–Crippen MR) is 72.9 cm³/mol. The third kappa shape index (κ3) is 1.66. The van der Waals surface area contributed by atoms with Crippen LogP contribution in [0.15, 0.2) is 41.4 Å². The summed E-state index contributed by atoms with van der Waals surface area (Å²) in [6.45, 7) is 0.649. The van der Waals surface area contributed by atoms with Gasteiger partial charge in [-0.1, -0.05) is 30.3 Å². The molecule has 2 aromatic rings. The number of ether oxygens (including phenoxy) is 1. The Kier molecular flexibility index (Phi) is 2.55. The number of nitrogens with one attached hydrogen (secondary N) is 1. The molecule has 0 spiro atoms. The molecule has 0 saturated heterocycles. The molecular weight excluding hydrogens is 226 g/mol. The first-order valence-corrected chi connectivity index (χ1v) is 5.91. The Labute approximate surface area is 105 Å². The maximum atomic E-state index is 5.70. The molecule has 3 rings (SSSR count). The summed E-state index contributed by atoms with van der Waals surface area (Å²) in [5.41, 5.74) is 6.82. The maximum absolute atomic E-state index is 5.70. The van der Waals surface area contributed by atoms with Crippen LogP contribution in [0.3, 0.4) is 0 Å². The third-order valence-corrected chi connectivity index (χ3v) is 3.27. The van der Waals surface area contributed by atoms with E-state index < -0.39 is 0 Å². The average Bonchev–Trinajstić information content (AvgIpc) is 2.83. The molecule has 0 radical (unpaired) electrons. The zero-order valence-electron chi connectivity index (χ0n) is 10.2. The zero-order valence-corrected chi connectivity index (χ0v) is 10.2. The standard InChI is InChI=1S/C14H15N3O/c1-18-12-7-6-9-4-2-3-5-10(9)13(12)11-8-16-14(15)17-11/h2-7,11H,8H2,1H3,(H3,15,16,17). The van der Waals surface area contributed by atoms with Gasteiger partial charge in [0.1, 0.15) is 5.75 Å². The van der Waals surface area contributed by atoms with Gasteiger partial charge in [-0.25, -0.2) is 0 Å². The number of guanidine groups is 1. The Morgan fingerprint density at radius 2 is 2.11 bits per heavy atom. The first kappa shape index (κ1) is 10.9. The first-order valence-electron chi connectivity index (χ1n) is 5.91. The molecule has 0 saturated carbocycles. The van der Waals surface area contributed by atoms with Gasteiger partial charge in [0.05, 0.1) is 19.7 Å². The highest BCUT2D eigenvalue weighted by atomic mass is 16.5. The number of nitrogens with zero attached hydrogens (tertiary/aromatic N) is 1. The van der Waals surface area contributed by atoms with E-state index in [4.69, 9.17) is 10.5 Å². The molecule has 1 heterocycles. The van der Waals surface area contributed by atoms with E-state index in [1.165, 1.54) is 10.8 Å². The summed E-state index contributed by atoms with van der Waals surface area (Å²) >= 11 is 0. The van der Waals surface area contributed by atoms with E-state index in [-0.39, 0.29) is 6.04 Å². The van der Waals surface area contributed by atoms with E-state index >= 15 is 0 Å². The van der Waals surface area contributed by atoms with Crippen LogP contribution in [-0.2, 0) is 0 Å². The summed E-state index contributed by atoms with van der Waals surface area (Å²) < 4.78 is 5.47. The number of fused-ring (bicyclic) bond motifs is 1. The Bertz CT molecular complexity index is 621. The predicted octanol–water partition coefficient (Wildman–Crippen LogP) is 1.81. The quantitative estimate of drug-likeness (QED) is 0.843. The molecule has 2 aromatic carbocycles. The number of aliphatic imine (C=N–C) groups is 1. The van der Waals surface area contributed by atoms with Gasteiger partial charge in [-0.2, -0.15) is 0 Å². The third-order valence-electron chi connectivity index (χ3n) is 3.27. The Hall–Kier alpha value is -2.23. The van der Waals surface area contributed by atoms with Crippen LogP contribution in [0.1, 0.15) is 11.6 Å². The number of rotatable bonds is 2. The van der Waals surface area contributed by atoms with Crippen molar-refractivity contribution < 1.29 is 4.74 Å². The van der Waals surface area contributed by atoms with Gasteiger partial charge in [0.2, 0.25) is 0 Å². The summed E-state index contributed by atoms with van der Waals surface area (Å²) in [5.74, 6) is 1.37. The van der Waals surface area contributed by atoms with Crippen molar-refractivity contribution in [2.75, 3.05) is 13.7 Å². The topological polar surface area (TPSA) is 59.6 Å². The van der Waals surface area contributed by atoms with Crippen molar-refractivity contribution in [3.63, 3.8) is 0 Å². The van der Waals surface area contributed by atoms with Crippen molar-refractivity contribution in [3.05, 3.63) is 42.0 Å². The lowest BCUT2D eigenvalue weighted by molar-refractivity contribution is 0.406. The van der Waals surface area contributed by atoms with Crippen molar-refractivity contribution in [1.29, 1.82) is 0 Å². The molecule has 0 aliphatic carbocycles. The molecule has 4 nitrogen and oxygen atoms in total. The van der Waals surface area contributed by atoms with Crippen LogP contribution in [0, 0.1) is 0 Å². The molecule has 18 heavy (non-hydrogen) atoms. The highest BCUT2D eigenvalue weighted by Crippen LogP contribution is 2.34. The summed E-state index contributed by atoms with van der Waals surface area (Å²) in [7, 11) is 1.69. The van der Waals surface area contributed by atoms with E-state index in [9.17, 15) is 0 Å². The van der Waals surface area contributed by atoms with Gasteiger partial charge in [-0.05, 0) is 16.8 Å². The normalized spacial score (nSPS) is 18.5. The molecule has 0 amide bonds. The smallest absolute Gasteiger partial charge is 0.189 e. The molecule has 1 aliphatic rings. The molecule has 0 aromatic heterocycles. The summed E-state index contributed by atoms with van der Waals surface area (Å²) in [6, 6.07) is 12.4. The lowest BCUT2D eigenvalue weighted by atomic mass is 9.98. The molecular formula is C14H15N3O.